The second-order valence-electron chi connectivity index (χ2n) is 7.94. The lowest BCUT2D eigenvalue weighted by molar-refractivity contribution is -0.136. The highest BCUT2D eigenvalue weighted by atomic mass is 16.1. The molecule has 0 bridgehead atoms. The molecule has 0 aromatic rings. The first-order chi connectivity index (χ1) is 9.27. The molecule has 0 spiro atoms. The SMILES string of the molecule is C=C1C(C)=CC[C@H]2C1=CC(=O)[C@H]1C(C)(C)CCC[C@]21C. The Morgan fingerprint density at radius 3 is 2.65 bits per heavy atom. The summed E-state index contributed by atoms with van der Waals surface area (Å²) in [6.45, 7) is 13.3. The molecular formula is C19H26O. The molecule has 0 unspecified atom stereocenters. The van der Waals surface area contributed by atoms with Gasteiger partial charge in [-0.25, -0.2) is 0 Å². The van der Waals surface area contributed by atoms with Crippen LogP contribution in [0.25, 0.3) is 0 Å². The highest BCUT2D eigenvalue weighted by Gasteiger charge is 2.56. The quantitative estimate of drug-likeness (QED) is 0.615. The first-order valence-corrected chi connectivity index (χ1v) is 7.89. The first kappa shape index (κ1) is 13.9. The standard InChI is InChI=1S/C19H26O/c1-12-7-8-15-14(13(12)2)11-16(20)17-18(3,4)9-6-10-19(15,17)5/h7,11,15,17H,2,6,8-10H2,1,3-5H3/t15-,17-,19+/m0/s1. The Morgan fingerprint density at radius 2 is 1.95 bits per heavy atom. The molecule has 0 aromatic heterocycles. The van der Waals surface area contributed by atoms with Gasteiger partial charge in [0.05, 0.1) is 0 Å². The molecule has 3 atom stereocenters. The number of allylic oxidation sites excluding steroid dienone is 5. The van der Waals surface area contributed by atoms with Crippen molar-refractivity contribution in [3.05, 3.63) is 35.5 Å². The largest absolute Gasteiger partial charge is 0.294 e. The third-order valence-electron chi connectivity index (χ3n) is 6.22. The van der Waals surface area contributed by atoms with Gasteiger partial charge in [0.2, 0.25) is 0 Å². The van der Waals surface area contributed by atoms with Gasteiger partial charge < -0.3 is 0 Å². The van der Waals surface area contributed by atoms with Crippen LogP contribution in [0.1, 0.15) is 53.4 Å². The third kappa shape index (κ3) is 1.71. The van der Waals surface area contributed by atoms with Crippen LogP contribution in [0.4, 0.5) is 0 Å². The van der Waals surface area contributed by atoms with Crippen molar-refractivity contribution in [2.24, 2.45) is 22.7 Å². The molecule has 3 aliphatic carbocycles. The second-order valence-corrected chi connectivity index (χ2v) is 7.94. The van der Waals surface area contributed by atoms with Gasteiger partial charge in [-0.05, 0) is 65.7 Å². The van der Waals surface area contributed by atoms with Crippen LogP contribution in [0.2, 0.25) is 0 Å². The zero-order valence-corrected chi connectivity index (χ0v) is 13.3. The van der Waals surface area contributed by atoms with Crippen molar-refractivity contribution in [1.29, 1.82) is 0 Å². The minimum Gasteiger partial charge on any atom is -0.294 e. The average molecular weight is 270 g/mol. The van der Waals surface area contributed by atoms with Gasteiger partial charge in [0, 0.05) is 5.92 Å². The molecule has 0 saturated heterocycles. The summed E-state index contributed by atoms with van der Waals surface area (Å²) >= 11 is 0. The van der Waals surface area contributed by atoms with Gasteiger partial charge in [0.15, 0.2) is 5.78 Å². The van der Waals surface area contributed by atoms with E-state index in [2.05, 4.69) is 40.3 Å². The molecule has 1 heteroatoms. The minimum absolute atomic E-state index is 0.114. The number of ketones is 1. The monoisotopic (exact) mass is 270 g/mol. The number of hydrogen-bond donors (Lipinski definition) is 0. The van der Waals surface area contributed by atoms with Gasteiger partial charge >= 0.3 is 0 Å². The van der Waals surface area contributed by atoms with Crippen LogP contribution < -0.4 is 0 Å². The number of rotatable bonds is 0. The van der Waals surface area contributed by atoms with Gasteiger partial charge in [-0.15, -0.1) is 0 Å². The van der Waals surface area contributed by atoms with Crippen molar-refractivity contribution in [3.8, 4) is 0 Å². The molecule has 1 fully saturated rings. The molecule has 1 nitrogen and oxygen atoms in total. The second kappa shape index (κ2) is 4.19. The van der Waals surface area contributed by atoms with E-state index in [0.29, 0.717) is 11.7 Å². The summed E-state index contributed by atoms with van der Waals surface area (Å²) in [5.74, 6) is 1.01. The van der Waals surface area contributed by atoms with E-state index in [9.17, 15) is 4.79 Å². The topological polar surface area (TPSA) is 17.1 Å². The molecule has 108 valence electrons. The van der Waals surface area contributed by atoms with Crippen molar-refractivity contribution >= 4 is 5.78 Å². The van der Waals surface area contributed by atoms with Gasteiger partial charge in [0.25, 0.3) is 0 Å². The predicted molar refractivity (Wildman–Crippen MR) is 83.3 cm³/mol. The summed E-state index contributed by atoms with van der Waals surface area (Å²) in [4.78, 5) is 12.8. The maximum atomic E-state index is 12.8. The van der Waals surface area contributed by atoms with Crippen LogP contribution in [0.3, 0.4) is 0 Å². The van der Waals surface area contributed by atoms with Gasteiger partial charge in [-0.3, -0.25) is 4.79 Å². The molecule has 20 heavy (non-hydrogen) atoms. The third-order valence-corrected chi connectivity index (χ3v) is 6.22. The fourth-order valence-electron chi connectivity index (χ4n) is 5.22. The zero-order valence-electron chi connectivity index (χ0n) is 13.3. The predicted octanol–water partition coefficient (Wildman–Crippen LogP) is 4.85. The molecule has 1 saturated carbocycles. The van der Waals surface area contributed by atoms with Crippen LogP contribution in [0.5, 0.6) is 0 Å². The fraction of sp³-hybridized carbons (Fsp3) is 0.632. The highest BCUT2D eigenvalue weighted by molar-refractivity contribution is 5.96. The van der Waals surface area contributed by atoms with E-state index in [1.807, 2.05) is 6.08 Å². The lowest BCUT2D eigenvalue weighted by Gasteiger charge is -2.56. The van der Waals surface area contributed by atoms with Crippen LogP contribution >= 0.6 is 0 Å². The van der Waals surface area contributed by atoms with Crippen molar-refractivity contribution in [3.63, 3.8) is 0 Å². The smallest absolute Gasteiger partial charge is 0.160 e. The lowest BCUT2D eigenvalue weighted by Crippen LogP contribution is -2.53. The molecular weight excluding hydrogens is 244 g/mol. The van der Waals surface area contributed by atoms with Crippen LogP contribution in [0.15, 0.2) is 35.5 Å². The lowest BCUT2D eigenvalue weighted by atomic mass is 9.46. The summed E-state index contributed by atoms with van der Waals surface area (Å²) in [5, 5.41) is 0. The highest BCUT2D eigenvalue weighted by Crippen LogP contribution is 2.61. The molecule has 0 amide bonds. The van der Waals surface area contributed by atoms with E-state index in [-0.39, 0.29) is 16.7 Å². The Balaban J connectivity index is 2.14. The minimum atomic E-state index is 0.114. The molecule has 0 N–H and O–H groups in total. The summed E-state index contributed by atoms with van der Waals surface area (Å²) < 4.78 is 0. The average Bonchev–Trinajstić information content (AvgIpc) is 2.33. The summed E-state index contributed by atoms with van der Waals surface area (Å²) in [6, 6.07) is 0. The Labute approximate surface area is 122 Å². The van der Waals surface area contributed by atoms with Crippen LogP contribution in [-0.2, 0) is 4.79 Å². The van der Waals surface area contributed by atoms with Crippen molar-refractivity contribution < 1.29 is 4.79 Å². The van der Waals surface area contributed by atoms with Gasteiger partial charge in [-0.1, -0.05) is 39.8 Å². The molecule has 3 aliphatic rings. The molecule has 0 aliphatic heterocycles. The summed E-state index contributed by atoms with van der Waals surface area (Å²) in [5.41, 5.74) is 3.81. The maximum Gasteiger partial charge on any atom is 0.160 e. The number of carbonyl (C=O) groups is 1. The van der Waals surface area contributed by atoms with E-state index in [0.717, 1.165) is 12.0 Å². The maximum absolute atomic E-state index is 12.8. The number of fused-ring (bicyclic) bond motifs is 3. The molecule has 3 rings (SSSR count). The van der Waals surface area contributed by atoms with E-state index >= 15 is 0 Å². The van der Waals surface area contributed by atoms with E-state index in [4.69, 9.17) is 0 Å². The molecule has 0 radical (unpaired) electrons. The van der Waals surface area contributed by atoms with Crippen molar-refractivity contribution in [2.45, 2.75) is 53.4 Å². The van der Waals surface area contributed by atoms with E-state index < -0.39 is 0 Å². The first-order valence-electron chi connectivity index (χ1n) is 7.89. The Hall–Kier alpha value is -1.11. The van der Waals surface area contributed by atoms with E-state index in [1.165, 1.54) is 30.4 Å². The Bertz CT molecular complexity index is 546. The normalized spacial score (nSPS) is 39.6. The number of hydrogen-bond acceptors (Lipinski definition) is 1. The van der Waals surface area contributed by atoms with Gasteiger partial charge in [-0.2, -0.15) is 0 Å². The zero-order chi connectivity index (χ0) is 14.7. The summed E-state index contributed by atoms with van der Waals surface area (Å²) in [7, 11) is 0. The fourth-order valence-corrected chi connectivity index (χ4v) is 5.22. The van der Waals surface area contributed by atoms with Crippen molar-refractivity contribution in [1.82, 2.24) is 0 Å². The van der Waals surface area contributed by atoms with E-state index in [1.54, 1.807) is 0 Å². The molecule has 0 heterocycles. The van der Waals surface area contributed by atoms with Crippen molar-refractivity contribution in [2.75, 3.05) is 0 Å². The Morgan fingerprint density at radius 1 is 1.25 bits per heavy atom. The van der Waals surface area contributed by atoms with Crippen LogP contribution in [0, 0.1) is 22.7 Å². The van der Waals surface area contributed by atoms with Gasteiger partial charge in [0.1, 0.15) is 0 Å². The molecule has 0 aromatic carbocycles. The number of carbonyl (C=O) groups excluding carboxylic acids is 1. The van der Waals surface area contributed by atoms with Crippen LogP contribution in [-0.4, -0.2) is 5.78 Å². The Kier molecular flexibility index (Phi) is 2.90. The summed E-state index contributed by atoms with van der Waals surface area (Å²) in [6.07, 6.45) is 8.92.